The molecule has 0 bridgehead atoms. The lowest BCUT2D eigenvalue weighted by Crippen LogP contribution is -2.21. The Labute approximate surface area is 224 Å². The topological polar surface area (TPSA) is 166 Å². The van der Waals surface area contributed by atoms with Gasteiger partial charge in [0.25, 0.3) is 5.91 Å². The minimum atomic E-state index is -3.89. The molecule has 0 heterocycles. The fourth-order valence-electron chi connectivity index (χ4n) is 3.40. The second-order valence-electron chi connectivity index (χ2n) is 7.96. The molecular formula is C26H22ClN3O7S. The van der Waals surface area contributed by atoms with Crippen molar-refractivity contribution >= 4 is 45.0 Å². The maximum absolute atomic E-state index is 13.4. The number of anilines is 1. The molecule has 3 rings (SSSR count). The third-order valence-corrected chi connectivity index (χ3v) is 6.33. The molecule has 3 N–H and O–H groups in total. The third-order valence-electron chi connectivity index (χ3n) is 5.18. The number of hydrogen-bond donors (Lipinski definition) is 2. The molecule has 0 unspecified atom stereocenters. The fraction of sp³-hybridized carbons (Fsp3) is 0.154. The normalized spacial score (nSPS) is 10.8. The molecule has 3 aromatic carbocycles. The minimum absolute atomic E-state index is 0.00360. The number of halogens is 1. The molecule has 0 aliphatic rings. The number of nitrogens with one attached hydrogen (secondary N) is 1. The second-order valence-corrected chi connectivity index (χ2v) is 9.96. The van der Waals surface area contributed by atoms with E-state index < -0.39 is 34.3 Å². The van der Waals surface area contributed by atoms with Gasteiger partial charge in [0.2, 0.25) is 10.0 Å². The van der Waals surface area contributed by atoms with E-state index in [4.69, 9.17) is 26.2 Å². The van der Waals surface area contributed by atoms with Crippen molar-refractivity contribution in [2.45, 2.75) is 18.7 Å². The highest BCUT2D eigenvalue weighted by molar-refractivity contribution is 7.89. The highest BCUT2D eigenvalue weighted by atomic mass is 35.5. The van der Waals surface area contributed by atoms with E-state index >= 15 is 0 Å². The highest BCUT2D eigenvalue weighted by Gasteiger charge is 2.20. The van der Waals surface area contributed by atoms with E-state index in [1.165, 1.54) is 54.6 Å². The first-order chi connectivity index (χ1) is 17.9. The largest absolute Gasteiger partial charge is 0.483 e. The number of esters is 1. The van der Waals surface area contributed by atoms with Crippen molar-refractivity contribution in [3.05, 3.63) is 87.4 Å². The van der Waals surface area contributed by atoms with E-state index in [0.717, 1.165) is 0 Å². The van der Waals surface area contributed by atoms with Crippen LogP contribution in [0.5, 0.6) is 5.75 Å². The van der Waals surface area contributed by atoms with Crippen molar-refractivity contribution in [3.8, 4) is 11.8 Å². The van der Waals surface area contributed by atoms with Crippen LogP contribution in [0.4, 0.5) is 5.69 Å². The summed E-state index contributed by atoms with van der Waals surface area (Å²) in [5.41, 5.74) is 0.937. The van der Waals surface area contributed by atoms with Gasteiger partial charge in [0.15, 0.2) is 12.4 Å². The Bertz CT molecular complexity index is 1580. The monoisotopic (exact) mass is 555 g/mol. The molecule has 38 heavy (non-hydrogen) atoms. The molecule has 10 nitrogen and oxygen atoms in total. The lowest BCUT2D eigenvalue weighted by molar-refractivity contribution is -0.118. The van der Waals surface area contributed by atoms with Gasteiger partial charge in [0.05, 0.1) is 34.3 Å². The van der Waals surface area contributed by atoms with Crippen LogP contribution in [0.15, 0.2) is 59.5 Å². The summed E-state index contributed by atoms with van der Waals surface area (Å²) in [5, 5.41) is 17.3. The summed E-state index contributed by atoms with van der Waals surface area (Å²) in [6.45, 7) is 2.85. The molecule has 0 saturated carbocycles. The average molecular weight is 556 g/mol. The van der Waals surface area contributed by atoms with Gasteiger partial charge in [-0.15, -0.1) is 0 Å². The molecule has 0 saturated heterocycles. The van der Waals surface area contributed by atoms with E-state index in [0.29, 0.717) is 11.3 Å². The quantitative estimate of drug-likeness (QED) is 0.298. The van der Waals surface area contributed by atoms with Crippen LogP contribution in [0, 0.1) is 18.3 Å². The van der Waals surface area contributed by atoms with Gasteiger partial charge in [-0.25, -0.2) is 18.4 Å². The van der Waals surface area contributed by atoms with Gasteiger partial charge in [-0.05, 0) is 74.0 Å². The summed E-state index contributed by atoms with van der Waals surface area (Å²) < 4.78 is 33.6. The molecule has 0 aliphatic heterocycles. The highest BCUT2D eigenvalue weighted by Crippen LogP contribution is 2.27. The molecular weight excluding hydrogens is 534 g/mol. The third kappa shape index (κ3) is 6.95. The van der Waals surface area contributed by atoms with Crippen LogP contribution < -0.4 is 15.2 Å². The number of sulfonamides is 1. The molecule has 1 amide bonds. The van der Waals surface area contributed by atoms with E-state index in [-0.39, 0.29) is 44.5 Å². The standard InChI is InChI=1S/C26H22ClN3O7S/c1-3-36-26(33)18-10-16(13-28)9-17(11-18)25(32)21-12-19(27)4-7-23(21)37-14-24(31)30-22-6-5-20(8-15(22)2)38(29,34)35/h4-12H,3,14H2,1-2H3,(H,30,31)(H2,29,34,35). The summed E-state index contributed by atoms with van der Waals surface area (Å²) in [7, 11) is -3.89. The van der Waals surface area contributed by atoms with Gasteiger partial charge in [-0.3, -0.25) is 9.59 Å². The Morgan fingerprint density at radius 3 is 2.39 bits per heavy atom. The first kappa shape index (κ1) is 28.3. The molecule has 12 heteroatoms. The maximum Gasteiger partial charge on any atom is 0.338 e. The molecule has 196 valence electrons. The molecule has 0 spiro atoms. The van der Waals surface area contributed by atoms with Crippen LogP contribution in [0.3, 0.4) is 0 Å². The predicted molar refractivity (Wildman–Crippen MR) is 139 cm³/mol. The van der Waals surface area contributed by atoms with Gasteiger partial charge >= 0.3 is 5.97 Å². The van der Waals surface area contributed by atoms with Gasteiger partial charge < -0.3 is 14.8 Å². The number of ketones is 1. The lowest BCUT2D eigenvalue weighted by atomic mass is 9.98. The number of nitrogens with two attached hydrogens (primary N) is 1. The molecule has 0 atom stereocenters. The van der Waals surface area contributed by atoms with Crippen LogP contribution >= 0.6 is 11.6 Å². The molecule has 0 aliphatic carbocycles. The number of hydrogen-bond acceptors (Lipinski definition) is 8. The minimum Gasteiger partial charge on any atom is -0.483 e. The van der Waals surface area contributed by atoms with E-state index in [2.05, 4.69) is 5.32 Å². The SMILES string of the molecule is CCOC(=O)c1cc(C#N)cc(C(=O)c2cc(Cl)ccc2OCC(=O)Nc2ccc(S(N)(=O)=O)cc2C)c1. The first-order valence-electron chi connectivity index (χ1n) is 11.1. The lowest BCUT2D eigenvalue weighted by Gasteiger charge is -2.13. The van der Waals surface area contributed by atoms with Gasteiger partial charge in [0.1, 0.15) is 5.75 Å². The summed E-state index contributed by atoms with van der Waals surface area (Å²) in [6, 6.07) is 14.0. The number of carbonyl (C=O) groups is 3. The second kappa shape index (κ2) is 11.9. The number of nitriles is 1. The Balaban J connectivity index is 1.83. The number of carbonyl (C=O) groups excluding carboxylic acids is 3. The predicted octanol–water partition coefficient (Wildman–Crippen LogP) is 3.59. The number of benzene rings is 3. The van der Waals surface area contributed by atoms with Crippen molar-refractivity contribution in [2.75, 3.05) is 18.5 Å². The number of rotatable bonds is 9. The Hall–Kier alpha value is -4.24. The Kier molecular flexibility index (Phi) is 8.85. The van der Waals surface area contributed by atoms with E-state index in [9.17, 15) is 28.1 Å². The van der Waals surface area contributed by atoms with Gasteiger partial charge in [0, 0.05) is 16.3 Å². The average Bonchev–Trinajstić information content (AvgIpc) is 2.87. The number of aryl methyl sites for hydroxylation is 1. The number of amides is 1. The Morgan fingerprint density at radius 1 is 1.05 bits per heavy atom. The van der Waals surface area contributed by atoms with Crippen molar-refractivity contribution in [2.24, 2.45) is 5.14 Å². The van der Waals surface area contributed by atoms with Gasteiger partial charge in [-0.1, -0.05) is 11.6 Å². The van der Waals surface area contributed by atoms with Crippen molar-refractivity contribution < 1.29 is 32.3 Å². The molecule has 0 aromatic heterocycles. The van der Waals surface area contributed by atoms with Crippen molar-refractivity contribution in [3.63, 3.8) is 0 Å². The van der Waals surface area contributed by atoms with Crippen LogP contribution in [0.1, 0.15) is 44.3 Å². The Morgan fingerprint density at radius 2 is 1.76 bits per heavy atom. The number of nitrogens with zero attached hydrogens (tertiary/aromatic N) is 1. The molecule has 0 radical (unpaired) electrons. The zero-order valence-corrected chi connectivity index (χ0v) is 21.9. The maximum atomic E-state index is 13.4. The zero-order chi connectivity index (χ0) is 28.0. The smallest absolute Gasteiger partial charge is 0.338 e. The van der Waals surface area contributed by atoms with Gasteiger partial charge in [-0.2, -0.15) is 5.26 Å². The summed E-state index contributed by atoms with van der Waals surface area (Å²) in [4.78, 5) is 38.0. The molecule has 3 aromatic rings. The molecule has 0 fully saturated rings. The zero-order valence-electron chi connectivity index (χ0n) is 20.3. The first-order valence-corrected chi connectivity index (χ1v) is 13.0. The fourth-order valence-corrected chi connectivity index (χ4v) is 4.17. The van der Waals surface area contributed by atoms with Crippen LogP contribution in [0.2, 0.25) is 5.02 Å². The number of primary sulfonamides is 1. The van der Waals surface area contributed by atoms with E-state index in [1.54, 1.807) is 13.8 Å². The van der Waals surface area contributed by atoms with Crippen molar-refractivity contribution in [1.82, 2.24) is 0 Å². The summed E-state index contributed by atoms with van der Waals surface area (Å²) >= 11 is 6.10. The van der Waals surface area contributed by atoms with Crippen LogP contribution in [-0.2, 0) is 19.6 Å². The van der Waals surface area contributed by atoms with Crippen molar-refractivity contribution in [1.29, 1.82) is 5.26 Å². The summed E-state index contributed by atoms with van der Waals surface area (Å²) in [6.07, 6.45) is 0. The van der Waals surface area contributed by atoms with Crippen LogP contribution in [-0.4, -0.2) is 39.3 Å². The van der Waals surface area contributed by atoms with Crippen LogP contribution in [0.25, 0.3) is 0 Å². The van der Waals surface area contributed by atoms with E-state index in [1.807, 2.05) is 6.07 Å². The summed E-state index contributed by atoms with van der Waals surface area (Å²) in [5.74, 6) is -1.83. The number of ether oxygens (including phenoxy) is 2.